The number of hydrogen-bond acceptors (Lipinski definition) is 0. The Morgan fingerprint density at radius 2 is 0.811 bits per heavy atom. The van der Waals surface area contributed by atoms with Crippen LogP contribution in [0.5, 0.6) is 0 Å². The van der Waals surface area contributed by atoms with E-state index >= 15 is 0 Å². The third kappa shape index (κ3) is 9.26. The van der Waals surface area contributed by atoms with Gasteiger partial charge in [0.05, 0.1) is 0 Å². The molecule has 9 rings (SSSR count). The van der Waals surface area contributed by atoms with Crippen LogP contribution in [0.15, 0.2) is 114 Å². The first-order chi connectivity index (χ1) is 34.2. The maximum absolute atomic E-state index is 9.86. The number of halogens is 2. The van der Waals surface area contributed by atoms with Crippen molar-refractivity contribution in [2.75, 3.05) is 0 Å². The Bertz CT molecular complexity index is 3070. The molecule has 6 aromatic rings. The van der Waals surface area contributed by atoms with Crippen LogP contribution in [-0.2, 0) is 27.2 Å². The standard InChI is InChI=1S/2C29H39.C12H9Si.2ClH.Zr/c2*1-18(2)21-13-22(19(3)4)15-23(14-21)27-25-17-24(28(5,6)7)16-20(25)11-12-26(27)29(8,9)10;1-3-7-11-9(5-1)10-6-2-4-8-12(10)13-11;;;/h2*11-19H,1-10H3;1-7H,13H2;2*1H;/q;;;;;+2/p-2. The topological polar surface area (TPSA) is 0 Å². The molecular weight excluding hydrogens is 1030 g/mol. The van der Waals surface area contributed by atoms with Crippen LogP contribution in [0.3, 0.4) is 0 Å². The van der Waals surface area contributed by atoms with E-state index < -0.39 is 25.9 Å². The van der Waals surface area contributed by atoms with Crippen LogP contribution in [0.1, 0.15) is 225 Å². The molecule has 389 valence electrons. The summed E-state index contributed by atoms with van der Waals surface area (Å²) in [6.45, 7) is 47.6. The van der Waals surface area contributed by atoms with Crippen molar-refractivity contribution < 1.29 is 16.4 Å². The van der Waals surface area contributed by atoms with Crippen molar-refractivity contribution in [1.29, 1.82) is 0 Å². The van der Waals surface area contributed by atoms with Gasteiger partial charge >= 0.3 is 463 Å². The normalized spacial score (nSPS) is 17.7. The van der Waals surface area contributed by atoms with Gasteiger partial charge in [0.1, 0.15) is 0 Å². The Hall–Kier alpha value is -3.52. The van der Waals surface area contributed by atoms with Crippen LogP contribution < -0.4 is 13.6 Å². The second-order valence-electron chi connectivity index (χ2n) is 28.3. The Kier molecular flexibility index (Phi) is 14.1. The number of hydrogen-bond donors (Lipinski definition) is 0. The number of benzene rings is 6. The van der Waals surface area contributed by atoms with Crippen molar-refractivity contribution >= 4 is 52.3 Å². The fourth-order valence-corrected chi connectivity index (χ4v) is 41.6. The molecule has 0 amide bonds. The molecule has 0 aromatic heterocycles. The molecule has 2 unspecified atom stereocenters. The van der Waals surface area contributed by atoms with Gasteiger partial charge < -0.3 is 0 Å². The molecule has 1 heterocycles. The van der Waals surface area contributed by atoms with Gasteiger partial charge in [0.15, 0.2) is 0 Å². The van der Waals surface area contributed by atoms with Gasteiger partial charge in [-0.2, -0.15) is 0 Å². The summed E-state index contributed by atoms with van der Waals surface area (Å²) >= 11 is -6.02. The molecule has 0 radical (unpaired) electrons. The van der Waals surface area contributed by atoms with Gasteiger partial charge in [-0.1, -0.05) is 0 Å². The third-order valence-electron chi connectivity index (χ3n) is 17.4. The minimum absolute atomic E-state index is 0.127. The first-order valence-corrected chi connectivity index (χ1v) is 39.9. The summed E-state index contributed by atoms with van der Waals surface area (Å²) in [5, 5.41) is 2.95. The number of allylic oxidation sites excluding steroid dienone is 2. The summed E-state index contributed by atoms with van der Waals surface area (Å²) < 4.78 is 0.856. The van der Waals surface area contributed by atoms with Gasteiger partial charge in [0.2, 0.25) is 0 Å². The van der Waals surface area contributed by atoms with Crippen LogP contribution in [0, 0.1) is 10.8 Å². The van der Waals surface area contributed by atoms with Crippen molar-refractivity contribution in [3.63, 3.8) is 0 Å². The molecule has 0 fully saturated rings. The molecule has 0 saturated heterocycles. The third-order valence-corrected chi connectivity index (χ3v) is 39.9. The molecule has 1 aliphatic heterocycles. The van der Waals surface area contributed by atoms with Crippen LogP contribution >= 0.6 is 17.0 Å². The maximum atomic E-state index is 9.86. The van der Waals surface area contributed by atoms with Crippen molar-refractivity contribution in [2.45, 2.75) is 180 Å². The van der Waals surface area contributed by atoms with Gasteiger partial charge in [0, 0.05) is 0 Å². The number of fused-ring (bicyclic) bond motifs is 5. The quantitative estimate of drug-likeness (QED) is 0.126. The molecule has 0 N–H and O–H groups in total. The van der Waals surface area contributed by atoms with Crippen LogP contribution in [0.2, 0.25) is 0 Å². The second kappa shape index (κ2) is 18.8. The molecular formula is C70H87Cl2SiZr. The molecule has 0 nitrogen and oxygen atoms in total. The number of rotatable bonds is 9. The van der Waals surface area contributed by atoms with E-state index in [1.54, 1.807) is 0 Å². The second-order valence-corrected chi connectivity index (χ2v) is 50.7. The first-order valence-electron chi connectivity index (χ1n) is 28.1. The van der Waals surface area contributed by atoms with Crippen molar-refractivity contribution in [1.82, 2.24) is 0 Å². The minimum atomic E-state index is -6.02. The van der Waals surface area contributed by atoms with E-state index in [1.807, 2.05) is 0 Å². The zero-order valence-corrected chi connectivity index (χ0v) is 54.3. The van der Waals surface area contributed by atoms with Crippen LogP contribution in [-0.4, -0.2) is 9.52 Å². The summed E-state index contributed by atoms with van der Waals surface area (Å²) in [4.78, 5) is 0. The van der Waals surface area contributed by atoms with E-state index in [-0.39, 0.29) is 28.9 Å². The van der Waals surface area contributed by atoms with Gasteiger partial charge in [-0.05, 0) is 0 Å². The summed E-state index contributed by atoms with van der Waals surface area (Å²) in [7, 11) is 18.7. The van der Waals surface area contributed by atoms with E-state index in [0.29, 0.717) is 23.7 Å². The van der Waals surface area contributed by atoms with Gasteiger partial charge in [0.25, 0.3) is 0 Å². The van der Waals surface area contributed by atoms with Crippen LogP contribution in [0.4, 0.5) is 0 Å². The van der Waals surface area contributed by atoms with Gasteiger partial charge in [-0.15, -0.1) is 0 Å². The Labute approximate surface area is 459 Å². The molecule has 0 bridgehead atoms. The average molecular weight is 1120 g/mol. The Morgan fingerprint density at radius 1 is 0.432 bits per heavy atom. The van der Waals surface area contributed by atoms with Crippen molar-refractivity contribution in [3.8, 4) is 33.4 Å². The summed E-state index contributed by atoms with van der Waals surface area (Å²) in [5.74, 6) is 1.56. The van der Waals surface area contributed by atoms with E-state index in [9.17, 15) is 17.0 Å². The van der Waals surface area contributed by atoms with Crippen molar-refractivity contribution in [2.24, 2.45) is 10.8 Å². The molecule has 3 aliphatic rings. The fraction of sp³-hybridized carbons (Fsp3) is 0.429. The van der Waals surface area contributed by atoms with Crippen molar-refractivity contribution in [3.05, 3.63) is 170 Å². The van der Waals surface area contributed by atoms with Gasteiger partial charge in [-0.25, -0.2) is 0 Å². The predicted molar refractivity (Wildman–Crippen MR) is 329 cm³/mol. The van der Waals surface area contributed by atoms with E-state index in [4.69, 9.17) is 0 Å². The molecule has 2 aliphatic carbocycles. The summed E-state index contributed by atoms with van der Waals surface area (Å²) in [5.41, 5.74) is 23.5. The van der Waals surface area contributed by atoms with Gasteiger partial charge in [-0.3, -0.25) is 0 Å². The average Bonchev–Trinajstić information content (AvgIpc) is 4.03. The fourth-order valence-electron chi connectivity index (χ4n) is 13.3. The molecule has 0 spiro atoms. The zero-order valence-electron chi connectivity index (χ0n) is 48.9. The zero-order chi connectivity index (χ0) is 54.2. The summed E-state index contributed by atoms with van der Waals surface area (Å²) in [6.07, 6.45) is 5.23. The SMILES string of the molecule is CC(C)c1cc(-c2c(C(C)(C)C)ccc3c2C=C(C(C)(C)C)[CH]3[Zr]([Cl])([Cl])([c]2cccc3c2[SiH2]c2ccccc2-3)[CH]2C(C(C)(C)C)=Cc3c2ccc(C(C)(C)C)c3-c2cc(C(C)C)cc(C(C)C)c2)cc(C(C)C)c1. The monoisotopic (exact) mass is 1120 g/mol. The van der Waals surface area contributed by atoms with E-state index in [0.717, 1.165) is 0 Å². The Balaban J connectivity index is 1.47. The van der Waals surface area contributed by atoms with E-state index in [1.165, 1.54) is 114 Å². The molecule has 0 saturated carbocycles. The molecule has 74 heavy (non-hydrogen) atoms. The Morgan fingerprint density at radius 3 is 1.18 bits per heavy atom. The molecule has 6 aromatic carbocycles. The predicted octanol–water partition coefficient (Wildman–Crippen LogP) is 19.2. The molecule has 2 atom stereocenters. The first kappa shape index (κ1) is 55.2. The van der Waals surface area contributed by atoms with E-state index in [2.05, 4.69) is 254 Å². The summed E-state index contributed by atoms with van der Waals surface area (Å²) in [6, 6.07) is 41.1. The molecule has 4 heteroatoms. The van der Waals surface area contributed by atoms with Crippen LogP contribution in [0.25, 0.3) is 45.5 Å².